The molecule has 0 aliphatic rings. The summed E-state index contributed by atoms with van der Waals surface area (Å²) in [6.45, 7) is 4.86. The van der Waals surface area contributed by atoms with Gasteiger partial charge in [-0.2, -0.15) is 12.7 Å². The van der Waals surface area contributed by atoms with Crippen LogP contribution in [0.4, 0.5) is 5.69 Å². The van der Waals surface area contributed by atoms with Crippen molar-refractivity contribution in [2.24, 2.45) is 0 Å². The number of carbonyl (C=O) groups is 1. The first kappa shape index (κ1) is 21.4. The Morgan fingerprint density at radius 2 is 1.76 bits per heavy atom. The minimum atomic E-state index is -3.77. The van der Waals surface area contributed by atoms with Gasteiger partial charge in [0.05, 0.1) is 5.69 Å². The van der Waals surface area contributed by atoms with Gasteiger partial charge in [-0.15, -0.1) is 0 Å². The quantitative estimate of drug-likeness (QED) is 0.658. The zero-order chi connectivity index (χ0) is 19.2. The molecular formula is C17H30N4O3S. The number of rotatable bonds is 9. The van der Waals surface area contributed by atoms with E-state index in [4.69, 9.17) is 0 Å². The Kier molecular flexibility index (Phi) is 7.85. The molecule has 0 radical (unpaired) electrons. The van der Waals surface area contributed by atoms with Gasteiger partial charge >= 0.3 is 10.2 Å². The normalized spacial score (nSPS) is 11.8. The van der Waals surface area contributed by atoms with Crippen molar-refractivity contribution in [1.29, 1.82) is 0 Å². The number of benzene rings is 1. The highest BCUT2D eigenvalue weighted by atomic mass is 32.2. The summed E-state index contributed by atoms with van der Waals surface area (Å²) in [7, 11) is 3.08. The largest absolute Gasteiger partial charge is 0.354 e. The molecular weight excluding hydrogens is 340 g/mol. The fourth-order valence-electron chi connectivity index (χ4n) is 2.29. The molecule has 7 nitrogen and oxygen atoms in total. The zero-order valence-electron chi connectivity index (χ0n) is 16.0. The molecule has 0 saturated carbocycles. The Hall–Kier alpha value is -1.64. The Balaban J connectivity index is 2.98. The topological polar surface area (TPSA) is 73.0 Å². The molecule has 0 atom stereocenters. The smallest absolute Gasteiger partial charge is 0.304 e. The van der Waals surface area contributed by atoms with Crippen LogP contribution in [0.2, 0.25) is 0 Å². The first-order valence-corrected chi connectivity index (χ1v) is 9.64. The predicted octanol–water partition coefficient (Wildman–Crippen LogP) is 0.984. The highest BCUT2D eigenvalue weighted by Gasteiger charge is 2.28. The minimum Gasteiger partial charge on any atom is -0.354 e. The average molecular weight is 371 g/mol. The summed E-state index contributed by atoms with van der Waals surface area (Å²) in [5.74, 6) is -0.315. The molecule has 1 aromatic carbocycles. The summed E-state index contributed by atoms with van der Waals surface area (Å²) < 4.78 is 27.7. The van der Waals surface area contributed by atoms with Gasteiger partial charge in [-0.1, -0.05) is 12.1 Å². The summed E-state index contributed by atoms with van der Waals surface area (Å²) in [6, 6.07) is 5.56. The number of carbonyl (C=O) groups excluding carboxylic acids is 1. The lowest BCUT2D eigenvalue weighted by atomic mass is 10.1. The van der Waals surface area contributed by atoms with Gasteiger partial charge in [0, 0.05) is 20.6 Å². The van der Waals surface area contributed by atoms with Crippen LogP contribution in [-0.4, -0.2) is 71.4 Å². The first-order chi connectivity index (χ1) is 11.6. The van der Waals surface area contributed by atoms with Crippen molar-refractivity contribution in [2.75, 3.05) is 52.1 Å². The average Bonchev–Trinajstić information content (AvgIpc) is 2.51. The second-order valence-electron chi connectivity index (χ2n) is 6.59. The van der Waals surface area contributed by atoms with Crippen molar-refractivity contribution in [3.05, 3.63) is 29.3 Å². The number of amides is 1. The summed E-state index contributed by atoms with van der Waals surface area (Å²) in [4.78, 5) is 14.3. The minimum absolute atomic E-state index is 0.243. The maximum Gasteiger partial charge on any atom is 0.304 e. The lowest BCUT2D eigenvalue weighted by Gasteiger charge is -2.28. The number of hydrogen-bond acceptors (Lipinski definition) is 4. The summed E-state index contributed by atoms with van der Waals surface area (Å²) in [5, 5.41) is 2.79. The van der Waals surface area contributed by atoms with E-state index in [2.05, 4.69) is 5.32 Å². The first-order valence-electron chi connectivity index (χ1n) is 8.24. The number of nitrogens with zero attached hydrogens (tertiary/aromatic N) is 3. The third-order valence-electron chi connectivity index (χ3n) is 3.76. The molecule has 0 aliphatic carbocycles. The van der Waals surface area contributed by atoms with E-state index >= 15 is 0 Å². The SMILES string of the molecule is Cc1ccc(C)c(N(CC(=O)NCCCN(C)C)S(=O)(=O)N(C)C)c1. The molecule has 142 valence electrons. The second kappa shape index (κ2) is 9.17. The molecule has 0 unspecified atom stereocenters. The molecule has 25 heavy (non-hydrogen) atoms. The van der Waals surface area contributed by atoms with Crippen LogP contribution < -0.4 is 9.62 Å². The van der Waals surface area contributed by atoms with E-state index in [9.17, 15) is 13.2 Å². The predicted molar refractivity (Wildman–Crippen MR) is 102 cm³/mol. The summed E-state index contributed by atoms with van der Waals surface area (Å²) in [5.41, 5.74) is 2.26. The maximum atomic E-state index is 12.7. The Morgan fingerprint density at radius 3 is 2.32 bits per heavy atom. The third-order valence-corrected chi connectivity index (χ3v) is 5.57. The fraction of sp³-hybridized carbons (Fsp3) is 0.588. The van der Waals surface area contributed by atoms with E-state index in [0.717, 1.165) is 32.7 Å². The summed E-state index contributed by atoms with van der Waals surface area (Å²) in [6.07, 6.45) is 0.808. The number of nitrogens with one attached hydrogen (secondary N) is 1. The fourth-order valence-corrected chi connectivity index (χ4v) is 3.41. The van der Waals surface area contributed by atoms with E-state index in [1.54, 1.807) is 6.07 Å². The Labute approximate surface area is 151 Å². The van der Waals surface area contributed by atoms with Gasteiger partial charge in [-0.25, -0.2) is 4.31 Å². The zero-order valence-corrected chi connectivity index (χ0v) is 16.9. The van der Waals surface area contributed by atoms with Crippen LogP contribution in [0.25, 0.3) is 0 Å². The van der Waals surface area contributed by atoms with Crippen LogP contribution in [0, 0.1) is 13.8 Å². The van der Waals surface area contributed by atoms with Crippen molar-refractivity contribution in [1.82, 2.24) is 14.5 Å². The number of aryl methyl sites for hydroxylation is 2. The molecule has 0 aliphatic heterocycles. The Morgan fingerprint density at radius 1 is 1.12 bits per heavy atom. The second-order valence-corrected chi connectivity index (χ2v) is 8.66. The van der Waals surface area contributed by atoms with E-state index in [0.29, 0.717) is 12.2 Å². The van der Waals surface area contributed by atoms with Gasteiger partial charge in [-0.3, -0.25) is 4.79 Å². The van der Waals surface area contributed by atoms with Crippen LogP contribution in [0.15, 0.2) is 18.2 Å². The van der Waals surface area contributed by atoms with Gasteiger partial charge < -0.3 is 10.2 Å². The highest BCUT2D eigenvalue weighted by molar-refractivity contribution is 7.90. The molecule has 8 heteroatoms. The Bertz CT molecular complexity index is 687. The molecule has 0 saturated heterocycles. The molecule has 0 spiro atoms. The van der Waals surface area contributed by atoms with Crippen molar-refractivity contribution in [2.45, 2.75) is 20.3 Å². The van der Waals surface area contributed by atoms with Crippen LogP contribution in [0.5, 0.6) is 0 Å². The summed E-state index contributed by atoms with van der Waals surface area (Å²) >= 11 is 0. The lowest BCUT2D eigenvalue weighted by molar-refractivity contribution is -0.119. The van der Waals surface area contributed by atoms with E-state index in [-0.39, 0.29) is 12.5 Å². The molecule has 0 heterocycles. The van der Waals surface area contributed by atoms with Crippen LogP contribution in [0.1, 0.15) is 17.5 Å². The molecule has 0 aromatic heterocycles. The van der Waals surface area contributed by atoms with E-state index in [1.807, 2.05) is 45.0 Å². The van der Waals surface area contributed by atoms with Gasteiger partial charge in [0.25, 0.3) is 0 Å². The van der Waals surface area contributed by atoms with Crippen LogP contribution >= 0.6 is 0 Å². The van der Waals surface area contributed by atoms with Crippen LogP contribution in [-0.2, 0) is 15.0 Å². The van der Waals surface area contributed by atoms with Gasteiger partial charge in [0.15, 0.2) is 0 Å². The van der Waals surface area contributed by atoms with Gasteiger partial charge in [-0.05, 0) is 58.1 Å². The van der Waals surface area contributed by atoms with Gasteiger partial charge in [0.2, 0.25) is 5.91 Å². The van der Waals surface area contributed by atoms with Crippen molar-refractivity contribution < 1.29 is 13.2 Å². The van der Waals surface area contributed by atoms with E-state index in [1.165, 1.54) is 14.1 Å². The van der Waals surface area contributed by atoms with Gasteiger partial charge in [0.1, 0.15) is 6.54 Å². The molecule has 1 rings (SSSR count). The molecule has 0 bridgehead atoms. The van der Waals surface area contributed by atoms with Crippen molar-refractivity contribution in [3.63, 3.8) is 0 Å². The standard InChI is InChI=1S/C17H30N4O3S/c1-14-8-9-15(2)16(12-14)21(25(23,24)20(5)6)13-17(22)18-10-7-11-19(3)4/h8-9,12H,7,10-11,13H2,1-6H3,(H,18,22). The highest BCUT2D eigenvalue weighted by Crippen LogP contribution is 2.25. The van der Waals surface area contributed by atoms with Crippen molar-refractivity contribution >= 4 is 21.8 Å². The number of hydrogen-bond donors (Lipinski definition) is 1. The van der Waals surface area contributed by atoms with E-state index < -0.39 is 10.2 Å². The molecule has 1 N–H and O–H groups in total. The molecule has 0 fully saturated rings. The molecule has 1 aromatic rings. The monoisotopic (exact) mass is 370 g/mol. The maximum absolute atomic E-state index is 12.7. The lowest BCUT2D eigenvalue weighted by Crippen LogP contribution is -2.46. The number of anilines is 1. The van der Waals surface area contributed by atoms with Crippen LogP contribution in [0.3, 0.4) is 0 Å². The third kappa shape index (κ3) is 6.30. The van der Waals surface area contributed by atoms with Crippen molar-refractivity contribution in [3.8, 4) is 0 Å². The molecule has 1 amide bonds.